The van der Waals surface area contributed by atoms with Crippen LogP contribution in [0.2, 0.25) is 0 Å². The molecule has 4 nitrogen and oxygen atoms in total. The van der Waals surface area contributed by atoms with Crippen molar-refractivity contribution < 1.29 is 9.90 Å². The van der Waals surface area contributed by atoms with Gasteiger partial charge in [0, 0.05) is 12.0 Å². The molecule has 3 rings (SSSR count). The summed E-state index contributed by atoms with van der Waals surface area (Å²) in [5, 5.41) is 13.2. The van der Waals surface area contributed by atoms with Crippen LogP contribution < -0.4 is 5.32 Å². The predicted molar refractivity (Wildman–Crippen MR) is 87.0 cm³/mol. The Morgan fingerprint density at radius 1 is 1.41 bits per heavy atom. The normalized spacial score (nSPS) is 17.0. The maximum atomic E-state index is 12.4. The third-order valence-electron chi connectivity index (χ3n) is 3.90. The molecule has 0 spiro atoms. The van der Waals surface area contributed by atoms with E-state index in [2.05, 4.69) is 10.3 Å². The second-order valence-corrected chi connectivity index (χ2v) is 6.73. The van der Waals surface area contributed by atoms with E-state index in [1.165, 1.54) is 11.3 Å². The molecule has 1 saturated carbocycles. The van der Waals surface area contributed by atoms with E-state index in [1.54, 1.807) is 5.51 Å². The number of nitrogens with zero attached hydrogens (tertiary/aromatic N) is 1. The number of rotatable bonds is 6. The van der Waals surface area contributed by atoms with Crippen molar-refractivity contribution in [2.45, 2.75) is 44.2 Å². The van der Waals surface area contributed by atoms with E-state index in [1.807, 2.05) is 37.3 Å². The van der Waals surface area contributed by atoms with Crippen LogP contribution in [0.4, 0.5) is 0 Å². The molecule has 1 aliphatic rings. The summed E-state index contributed by atoms with van der Waals surface area (Å²) in [6.45, 7) is 1.92. The number of amides is 1. The number of carbonyl (C=O) groups excluding carboxylic acids is 1. The first-order valence-electron chi connectivity index (χ1n) is 7.62. The zero-order chi connectivity index (χ0) is 15.5. The van der Waals surface area contributed by atoms with Crippen LogP contribution in [-0.4, -0.2) is 22.0 Å². The fourth-order valence-corrected chi connectivity index (χ4v) is 3.34. The number of aliphatic hydroxyl groups is 1. The third kappa shape index (κ3) is 3.54. The topological polar surface area (TPSA) is 62.2 Å². The van der Waals surface area contributed by atoms with E-state index in [4.69, 9.17) is 0 Å². The van der Waals surface area contributed by atoms with E-state index in [9.17, 15) is 9.90 Å². The molecule has 0 radical (unpaired) electrons. The lowest BCUT2D eigenvalue weighted by Crippen LogP contribution is -2.33. The Labute approximate surface area is 134 Å². The molecule has 1 heterocycles. The van der Waals surface area contributed by atoms with Crippen LogP contribution in [0.15, 0.2) is 35.8 Å². The lowest BCUT2D eigenvalue weighted by atomic mass is 10.0. The Kier molecular flexibility index (Phi) is 4.55. The molecule has 0 saturated heterocycles. The third-order valence-corrected chi connectivity index (χ3v) is 4.74. The molecule has 22 heavy (non-hydrogen) atoms. The highest BCUT2D eigenvalue weighted by atomic mass is 32.1. The van der Waals surface area contributed by atoms with Crippen molar-refractivity contribution in [3.63, 3.8) is 0 Å². The quantitative estimate of drug-likeness (QED) is 0.860. The predicted octanol–water partition coefficient (Wildman–Crippen LogP) is 3.26. The molecule has 2 unspecified atom stereocenters. The Bertz CT molecular complexity index is 637. The largest absolute Gasteiger partial charge is 0.388 e. The van der Waals surface area contributed by atoms with Crippen molar-refractivity contribution >= 4 is 17.2 Å². The lowest BCUT2D eigenvalue weighted by molar-refractivity contribution is 0.0920. The van der Waals surface area contributed by atoms with Crippen LogP contribution in [0, 0.1) is 0 Å². The smallest absolute Gasteiger partial charge is 0.263 e. The van der Waals surface area contributed by atoms with Gasteiger partial charge in [0.1, 0.15) is 4.88 Å². The van der Waals surface area contributed by atoms with Gasteiger partial charge >= 0.3 is 0 Å². The number of carbonyl (C=O) groups is 1. The minimum absolute atomic E-state index is 0.0721. The Hall–Kier alpha value is -1.72. The average Bonchev–Trinajstić information content (AvgIpc) is 3.24. The van der Waals surface area contributed by atoms with Gasteiger partial charge < -0.3 is 10.4 Å². The standard InChI is InChI=1S/C17H20N2O2S/c1-11(9-14(20)12-5-3-2-4-6-12)19-17(21)16-15(13-7-8-13)18-10-22-16/h2-6,10-11,13-14,20H,7-9H2,1H3,(H,19,21). The molecule has 1 aromatic carbocycles. The Morgan fingerprint density at radius 3 is 2.82 bits per heavy atom. The second kappa shape index (κ2) is 6.58. The van der Waals surface area contributed by atoms with Crippen molar-refractivity contribution in [2.75, 3.05) is 0 Å². The van der Waals surface area contributed by atoms with Crippen LogP contribution in [0.1, 0.15) is 59.1 Å². The van der Waals surface area contributed by atoms with Gasteiger partial charge in [0.25, 0.3) is 5.91 Å². The Balaban J connectivity index is 1.58. The molecule has 1 fully saturated rings. The Morgan fingerprint density at radius 2 is 2.14 bits per heavy atom. The summed E-state index contributed by atoms with van der Waals surface area (Å²) in [6.07, 6.45) is 2.19. The van der Waals surface area contributed by atoms with E-state index >= 15 is 0 Å². The van der Waals surface area contributed by atoms with Crippen molar-refractivity contribution in [1.82, 2.24) is 10.3 Å². The molecule has 116 valence electrons. The van der Waals surface area contributed by atoms with E-state index in [0.29, 0.717) is 12.3 Å². The van der Waals surface area contributed by atoms with Crippen molar-refractivity contribution in [1.29, 1.82) is 0 Å². The minimum atomic E-state index is -0.569. The van der Waals surface area contributed by atoms with Gasteiger partial charge in [-0.1, -0.05) is 30.3 Å². The monoisotopic (exact) mass is 316 g/mol. The summed E-state index contributed by atoms with van der Waals surface area (Å²) >= 11 is 1.40. The fraction of sp³-hybridized carbons (Fsp3) is 0.412. The minimum Gasteiger partial charge on any atom is -0.388 e. The molecule has 0 aliphatic heterocycles. The lowest BCUT2D eigenvalue weighted by Gasteiger charge is -2.18. The molecule has 2 aromatic rings. The summed E-state index contributed by atoms with van der Waals surface area (Å²) in [5.41, 5.74) is 3.56. The van der Waals surface area contributed by atoms with Gasteiger partial charge in [-0.2, -0.15) is 0 Å². The van der Waals surface area contributed by atoms with Crippen molar-refractivity contribution in [2.24, 2.45) is 0 Å². The average molecular weight is 316 g/mol. The number of thiazole rings is 1. The zero-order valence-corrected chi connectivity index (χ0v) is 13.3. The van der Waals surface area contributed by atoms with Crippen LogP contribution >= 0.6 is 11.3 Å². The maximum absolute atomic E-state index is 12.4. The zero-order valence-electron chi connectivity index (χ0n) is 12.5. The fourth-order valence-electron chi connectivity index (χ4n) is 2.57. The van der Waals surface area contributed by atoms with Gasteiger partial charge in [0.05, 0.1) is 17.3 Å². The molecule has 0 bridgehead atoms. The van der Waals surface area contributed by atoms with Gasteiger partial charge in [-0.25, -0.2) is 4.98 Å². The van der Waals surface area contributed by atoms with Gasteiger partial charge in [-0.15, -0.1) is 11.3 Å². The summed E-state index contributed by atoms with van der Waals surface area (Å²) in [7, 11) is 0. The van der Waals surface area contributed by atoms with Gasteiger partial charge in [0.2, 0.25) is 0 Å². The molecular weight excluding hydrogens is 296 g/mol. The number of aliphatic hydroxyl groups excluding tert-OH is 1. The first-order chi connectivity index (χ1) is 10.6. The maximum Gasteiger partial charge on any atom is 0.263 e. The highest BCUT2D eigenvalue weighted by Gasteiger charge is 2.31. The van der Waals surface area contributed by atoms with E-state index in [0.717, 1.165) is 29.0 Å². The van der Waals surface area contributed by atoms with Crippen LogP contribution in [0.25, 0.3) is 0 Å². The number of hydrogen-bond acceptors (Lipinski definition) is 4. The molecule has 1 aliphatic carbocycles. The van der Waals surface area contributed by atoms with Gasteiger partial charge in [-0.3, -0.25) is 4.79 Å². The highest BCUT2D eigenvalue weighted by molar-refractivity contribution is 7.11. The molecule has 2 N–H and O–H groups in total. The number of aromatic nitrogens is 1. The summed E-state index contributed by atoms with van der Waals surface area (Å²) in [5.74, 6) is 0.398. The molecule has 2 atom stereocenters. The van der Waals surface area contributed by atoms with E-state index in [-0.39, 0.29) is 11.9 Å². The van der Waals surface area contributed by atoms with Crippen molar-refractivity contribution in [3.8, 4) is 0 Å². The summed E-state index contributed by atoms with van der Waals surface area (Å²) in [6, 6.07) is 9.42. The SMILES string of the molecule is CC(CC(O)c1ccccc1)NC(=O)c1scnc1C1CC1. The first-order valence-corrected chi connectivity index (χ1v) is 8.50. The van der Waals surface area contributed by atoms with E-state index < -0.39 is 6.10 Å². The van der Waals surface area contributed by atoms with Crippen LogP contribution in [0.3, 0.4) is 0 Å². The van der Waals surface area contributed by atoms with Gasteiger partial charge in [-0.05, 0) is 31.7 Å². The number of benzene rings is 1. The van der Waals surface area contributed by atoms with Crippen LogP contribution in [-0.2, 0) is 0 Å². The van der Waals surface area contributed by atoms with Crippen LogP contribution in [0.5, 0.6) is 0 Å². The van der Waals surface area contributed by atoms with Crippen molar-refractivity contribution in [3.05, 3.63) is 52.0 Å². The molecule has 1 aromatic heterocycles. The van der Waals surface area contributed by atoms with Gasteiger partial charge in [0.15, 0.2) is 0 Å². The molecule has 5 heteroatoms. The number of hydrogen-bond donors (Lipinski definition) is 2. The second-order valence-electron chi connectivity index (χ2n) is 5.88. The molecular formula is C17H20N2O2S. The highest BCUT2D eigenvalue weighted by Crippen LogP contribution is 2.41. The first kappa shape index (κ1) is 15.2. The number of nitrogens with one attached hydrogen (secondary N) is 1. The molecule has 1 amide bonds. The summed E-state index contributed by atoms with van der Waals surface area (Å²) < 4.78 is 0. The summed E-state index contributed by atoms with van der Waals surface area (Å²) in [4.78, 5) is 17.4.